The second-order valence-corrected chi connectivity index (χ2v) is 5.68. The smallest absolute Gasteiger partial charge is 0.409 e. The second kappa shape index (κ2) is 6.06. The molecule has 0 aromatic carbocycles. The number of amides is 2. The van der Waals surface area contributed by atoms with Gasteiger partial charge in [0.25, 0.3) is 5.91 Å². The first-order valence-corrected chi connectivity index (χ1v) is 7.21. The molecule has 6 heteroatoms. The molecule has 0 saturated carbocycles. The molecule has 0 unspecified atom stereocenters. The van der Waals surface area contributed by atoms with Crippen molar-refractivity contribution in [2.24, 2.45) is 0 Å². The average Bonchev–Trinajstić information content (AvgIpc) is 2.85. The number of thiophene rings is 1. The Morgan fingerprint density at radius 2 is 1.84 bits per heavy atom. The summed E-state index contributed by atoms with van der Waals surface area (Å²) in [6.07, 6.45) is -0.290. The van der Waals surface area contributed by atoms with Gasteiger partial charge in [-0.2, -0.15) is 0 Å². The molecule has 0 aliphatic carbocycles. The van der Waals surface area contributed by atoms with Gasteiger partial charge in [0.05, 0.1) is 11.5 Å². The van der Waals surface area contributed by atoms with Gasteiger partial charge in [-0.15, -0.1) is 11.3 Å². The highest BCUT2D eigenvalue weighted by molar-refractivity contribution is 7.13. The Kier molecular flexibility index (Phi) is 4.42. The Balaban J connectivity index is 1.89. The molecule has 2 heterocycles. The lowest BCUT2D eigenvalue weighted by Gasteiger charge is -2.33. The number of piperazine rings is 1. The van der Waals surface area contributed by atoms with E-state index < -0.39 is 0 Å². The predicted octanol–water partition coefficient (Wildman–Crippen LogP) is 1.97. The summed E-state index contributed by atoms with van der Waals surface area (Å²) in [5.74, 6) is 0.0570. The number of rotatable bonds is 2. The van der Waals surface area contributed by atoms with E-state index in [1.807, 2.05) is 19.1 Å². The van der Waals surface area contributed by atoms with E-state index in [0.29, 0.717) is 32.8 Å². The van der Waals surface area contributed by atoms with Gasteiger partial charge in [-0.1, -0.05) is 0 Å². The molecular formula is C13H18N2O3S. The average molecular weight is 282 g/mol. The zero-order valence-corrected chi connectivity index (χ0v) is 12.0. The lowest BCUT2D eigenvalue weighted by Crippen LogP contribution is -2.50. The second-order valence-electron chi connectivity index (χ2n) is 4.39. The van der Waals surface area contributed by atoms with Crippen LogP contribution in [0.2, 0.25) is 0 Å². The monoisotopic (exact) mass is 282 g/mol. The molecule has 1 aliphatic rings. The van der Waals surface area contributed by atoms with Gasteiger partial charge in [0.1, 0.15) is 0 Å². The van der Waals surface area contributed by atoms with E-state index in [1.54, 1.807) is 16.7 Å². The summed E-state index contributed by atoms with van der Waals surface area (Å²) in [7, 11) is 0. The lowest BCUT2D eigenvalue weighted by atomic mass is 10.3. The summed E-state index contributed by atoms with van der Waals surface area (Å²) >= 11 is 1.51. The summed E-state index contributed by atoms with van der Waals surface area (Å²) in [6.45, 7) is 6.36. The predicted molar refractivity (Wildman–Crippen MR) is 73.6 cm³/mol. The van der Waals surface area contributed by atoms with Gasteiger partial charge in [0, 0.05) is 31.1 Å². The van der Waals surface area contributed by atoms with Gasteiger partial charge in [-0.25, -0.2) is 4.79 Å². The molecular weight excluding hydrogens is 264 g/mol. The van der Waals surface area contributed by atoms with E-state index in [-0.39, 0.29) is 12.0 Å². The maximum absolute atomic E-state index is 12.2. The molecule has 0 atom stereocenters. The fourth-order valence-corrected chi connectivity index (χ4v) is 2.85. The van der Waals surface area contributed by atoms with Gasteiger partial charge in [-0.3, -0.25) is 4.79 Å². The van der Waals surface area contributed by atoms with E-state index in [2.05, 4.69) is 0 Å². The quantitative estimate of drug-likeness (QED) is 0.833. The van der Waals surface area contributed by atoms with Crippen LogP contribution in [0.4, 0.5) is 4.79 Å². The molecule has 0 radical (unpaired) electrons. The highest BCUT2D eigenvalue weighted by Crippen LogP contribution is 2.18. The van der Waals surface area contributed by atoms with Crippen molar-refractivity contribution in [3.8, 4) is 0 Å². The zero-order chi connectivity index (χ0) is 13.8. The Morgan fingerprint density at radius 3 is 2.37 bits per heavy atom. The first kappa shape index (κ1) is 13.9. The summed E-state index contributed by atoms with van der Waals surface area (Å²) in [5, 5.41) is 0. The molecule has 0 bridgehead atoms. The first-order chi connectivity index (χ1) is 9.11. The highest BCUT2D eigenvalue weighted by atomic mass is 32.1. The highest BCUT2D eigenvalue weighted by Gasteiger charge is 2.25. The van der Waals surface area contributed by atoms with Crippen LogP contribution in [0, 0.1) is 6.92 Å². The zero-order valence-electron chi connectivity index (χ0n) is 11.2. The molecule has 2 amide bonds. The van der Waals surface area contributed by atoms with Crippen molar-refractivity contribution in [2.45, 2.75) is 13.8 Å². The molecule has 5 nitrogen and oxygen atoms in total. The number of hydrogen-bond acceptors (Lipinski definition) is 4. The maximum atomic E-state index is 12.2. The normalized spacial score (nSPS) is 15.5. The van der Waals surface area contributed by atoms with Crippen LogP contribution < -0.4 is 0 Å². The molecule has 1 aromatic heterocycles. The SMILES string of the molecule is CCOC(=O)N1CCN(C(=O)c2ccc(C)s2)CC1. The van der Waals surface area contributed by atoms with Crippen molar-refractivity contribution >= 4 is 23.3 Å². The van der Waals surface area contributed by atoms with E-state index >= 15 is 0 Å². The molecule has 104 valence electrons. The summed E-state index contributed by atoms with van der Waals surface area (Å²) in [4.78, 5) is 29.1. The molecule has 1 aromatic rings. The fourth-order valence-electron chi connectivity index (χ4n) is 2.01. The van der Waals surface area contributed by atoms with Crippen molar-refractivity contribution in [1.82, 2.24) is 9.80 Å². The van der Waals surface area contributed by atoms with Crippen LogP contribution >= 0.6 is 11.3 Å². The van der Waals surface area contributed by atoms with E-state index in [0.717, 1.165) is 9.75 Å². The third kappa shape index (κ3) is 3.26. The van der Waals surface area contributed by atoms with Crippen molar-refractivity contribution in [2.75, 3.05) is 32.8 Å². The summed E-state index contributed by atoms with van der Waals surface area (Å²) < 4.78 is 4.95. The first-order valence-electron chi connectivity index (χ1n) is 6.39. The van der Waals surface area contributed by atoms with Gasteiger partial charge in [0.2, 0.25) is 0 Å². The largest absolute Gasteiger partial charge is 0.450 e. The van der Waals surface area contributed by atoms with Crippen LogP contribution in [-0.4, -0.2) is 54.6 Å². The number of ether oxygens (including phenoxy) is 1. The van der Waals surface area contributed by atoms with Gasteiger partial charge >= 0.3 is 6.09 Å². The van der Waals surface area contributed by atoms with Crippen LogP contribution in [-0.2, 0) is 4.74 Å². The molecule has 19 heavy (non-hydrogen) atoms. The van der Waals surface area contributed by atoms with Crippen LogP contribution in [0.15, 0.2) is 12.1 Å². The van der Waals surface area contributed by atoms with E-state index in [9.17, 15) is 9.59 Å². The van der Waals surface area contributed by atoms with E-state index in [4.69, 9.17) is 4.74 Å². The lowest BCUT2D eigenvalue weighted by molar-refractivity contribution is 0.0574. The standard InChI is InChI=1S/C13H18N2O3S/c1-3-18-13(17)15-8-6-14(7-9-15)12(16)11-5-4-10(2)19-11/h4-5H,3,6-9H2,1-2H3. The van der Waals surface area contributed by atoms with Crippen molar-refractivity contribution in [1.29, 1.82) is 0 Å². The minimum Gasteiger partial charge on any atom is -0.450 e. The van der Waals surface area contributed by atoms with Crippen LogP contribution in [0.25, 0.3) is 0 Å². The van der Waals surface area contributed by atoms with E-state index in [1.165, 1.54) is 11.3 Å². The number of hydrogen-bond donors (Lipinski definition) is 0. The van der Waals surface area contributed by atoms with Crippen molar-refractivity contribution < 1.29 is 14.3 Å². The van der Waals surface area contributed by atoms with Crippen molar-refractivity contribution in [3.63, 3.8) is 0 Å². The number of carbonyl (C=O) groups is 2. The Labute approximate surface area is 116 Å². The van der Waals surface area contributed by atoms with Gasteiger partial charge in [0.15, 0.2) is 0 Å². The van der Waals surface area contributed by atoms with Crippen molar-refractivity contribution in [3.05, 3.63) is 21.9 Å². The third-order valence-electron chi connectivity index (χ3n) is 3.04. The Hall–Kier alpha value is -1.56. The number of nitrogens with zero attached hydrogens (tertiary/aromatic N) is 2. The molecule has 1 fully saturated rings. The minimum absolute atomic E-state index is 0.0570. The van der Waals surface area contributed by atoms with Crippen LogP contribution in [0.3, 0.4) is 0 Å². The fraction of sp³-hybridized carbons (Fsp3) is 0.538. The van der Waals surface area contributed by atoms with Crippen LogP contribution in [0.1, 0.15) is 21.5 Å². The Morgan fingerprint density at radius 1 is 1.21 bits per heavy atom. The van der Waals surface area contributed by atoms with Gasteiger partial charge < -0.3 is 14.5 Å². The maximum Gasteiger partial charge on any atom is 0.409 e. The minimum atomic E-state index is -0.290. The number of carbonyl (C=O) groups excluding carboxylic acids is 2. The summed E-state index contributed by atoms with van der Waals surface area (Å²) in [5.41, 5.74) is 0. The molecule has 1 saturated heterocycles. The molecule has 2 rings (SSSR count). The molecule has 0 N–H and O–H groups in total. The topological polar surface area (TPSA) is 49.9 Å². The summed E-state index contributed by atoms with van der Waals surface area (Å²) in [6, 6.07) is 3.81. The Bertz CT molecular complexity index is 464. The van der Waals surface area contributed by atoms with Crippen LogP contribution in [0.5, 0.6) is 0 Å². The number of aryl methyl sites for hydroxylation is 1. The van der Waals surface area contributed by atoms with Gasteiger partial charge in [-0.05, 0) is 26.0 Å². The molecule has 1 aliphatic heterocycles. The third-order valence-corrected chi connectivity index (χ3v) is 4.03. The molecule has 0 spiro atoms.